The lowest BCUT2D eigenvalue weighted by Crippen LogP contribution is -2.29. The van der Waals surface area contributed by atoms with Gasteiger partial charge in [0.15, 0.2) is 0 Å². The molecule has 0 heterocycles. The zero-order chi connectivity index (χ0) is 12.1. The second kappa shape index (κ2) is 5.96. The van der Waals surface area contributed by atoms with Crippen LogP contribution in [0.2, 0.25) is 0 Å². The van der Waals surface area contributed by atoms with Crippen molar-refractivity contribution in [1.29, 1.82) is 0 Å². The van der Waals surface area contributed by atoms with E-state index < -0.39 is 0 Å². The molecule has 0 fully saturated rings. The van der Waals surface area contributed by atoms with Crippen molar-refractivity contribution in [1.82, 2.24) is 5.32 Å². The number of thiocarbonyl (C=S) groups is 1. The molecule has 0 saturated heterocycles. The molecule has 0 saturated carbocycles. The van der Waals surface area contributed by atoms with Crippen LogP contribution < -0.4 is 11.1 Å². The monoisotopic (exact) mass is 300 g/mol. The highest BCUT2D eigenvalue weighted by Crippen LogP contribution is 2.16. The quantitative estimate of drug-likeness (QED) is 0.839. The number of nitrogens with two attached hydrogens (primary N) is 1. The zero-order valence-corrected chi connectivity index (χ0v) is 11.3. The third-order valence-electron chi connectivity index (χ3n) is 2.08. The minimum absolute atomic E-state index is 0.0463. The Morgan fingerprint density at radius 3 is 2.56 bits per heavy atom. The molecule has 1 aromatic rings. The molecule has 16 heavy (non-hydrogen) atoms. The smallest absolute Gasteiger partial charge is 0.227 e. The van der Waals surface area contributed by atoms with Crippen LogP contribution in [0, 0.1) is 0 Å². The van der Waals surface area contributed by atoms with Crippen molar-refractivity contribution in [2.24, 2.45) is 5.73 Å². The molecule has 3 N–H and O–H groups in total. The molecule has 1 atom stereocenters. The predicted octanol–water partition coefficient (Wildman–Crippen LogP) is 2.30. The number of benzene rings is 1. The van der Waals surface area contributed by atoms with Gasteiger partial charge in [-0.25, -0.2) is 0 Å². The molecule has 0 aromatic heterocycles. The van der Waals surface area contributed by atoms with Crippen molar-refractivity contribution in [3.8, 4) is 0 Å². The molecule has 1 amide bonds. The summed E-state index contributed by atoms with van der Waals surface area (Å²) in [6.45, 7) is 1.92. The standard InChI is InChI=1S/C11H13BrN2OS/c1-7(14-11(15)6-10(13)16)8-2-4-9(12)5-3-8/h2-5,7H,6H2,1H3,(H2,13,16)(H,14,15). The van der Waals surface area contributed by atoms with E-state index in [1.54, 1.807) is 0 Å². The Labute approximate surface area is 109 Å². The molecule has 1 rings (SSSR count). The van der Waals surface area contributed by atoms with E-state index in [2.05, 4.69) is 33.5 Å². The van der Waals surface area contributed by atoms with Gasteiger partial charge >= 0.3 is 0 Å². The fraction of sp³-hybridized carbons (Fsp3) is 0.273. The van der Waals surface area contributed by atoms with Crippen molar-refractivity contribution in [2.45, 2.75) is 19.4 Å². The predicted molar refractivity (Wildman–Crippen MR) is 72.1 cm³/mol. The SMILES string of the molecule is CC(NC(=O)CC(N)=S)c1ccc(Br)cc1. The van der Waals surface area contributed by atoms with E-state index in [9.17, 15) is 4.79 Å². The Hall–Kier alpha value is -0.940. The Morgan fingerprint density at radius 1 is 1.50 bits per heavy atom. The Bertz CT molecular complexity index is 391. The Kier molecular flexibility index (Phi) is 4.89. The highest BCUT2D eigenvalue weighted by atomic mass is 79.9. The minimum Gasteiger partial charge on any atom is -0.393 e. The van der Waals surface area contributed by atoms with Crippen molar-refractivity contribution in [2.75, 3.05) is 0 Å². The van der Waals surface area contributed by atoms with Crippen LogP contribution in [-0.2, 0) is 4.79 Å². The molecule has 0 radical (unpaired) electrons. The van der Waals surface area contributed by atoms with Gasteiger partial charge in [-0.05, 0) is 24.6 Å². The zero-order valence-electron chi connectivity index (χ0n) is 8.87. The van der Waals surface area contributed by atoms with Crippen LogP contribution in [0.15, 0.2) is 28.7 Å². The highest BCUT2D eigenvalue weighted by molar-refractivity contribution is 9.10. The van der Waals surface area contributed by atoms with Crippen molar-refractivity contribution < 1.29 is 4.79 Å². The number of nitrogens with one attached hydrogen (secondary N) is 1. The Balaban J connectivity index is 2.58. The molecule has 0 aliphatic rings. The van der Waals surface area contributed by atoms with Crippen LogP contribution in [0.4, 0.5) is 0 Å². The number of hydrogen-bond acceptors (Lipinski definition) is 2. The summed E-state index contributed by atoms with van der Waals surface area (Å²) >= 11 is 8.03. The lowest BCUT2D eigenvalue weighted by molar-refractivity contribution is -0.120. The number of halogens is 1. The molecule has 0 aliphatic carbocycles. The topological polar surface area (TPSA) is 55.1 Å². The highest BCUT2D eigenvalue weighted by Gasteiger charge is 2.09. The van der Waals surface area contributed by atoms with Crippen molar-refractivity contribution in [3.05, 3.63) is 34.3 Å². The maximum atomic E-state index is 11.4. The van der Waals surface area contributed by atoms with Crippen LogP contribution in [-0.4, -0.2) is 10.9 Å². The van der Waals surface area contributed by atoms with Crippen LogP contribution in [0.25, 0.3) is 0 Å². The van der Waals surface area contributed by atoms with Gasteiger partial charge < -0.3 is 11.1 Å². The van der Waals surface area contributed by atoms with Gasteiger partial charge in [0.05, 0.1) is 17.5 Å². The summed E-state index contributed by atoms with van der Waals surface area (Å²) in [6, 6.07) is 7.73. The molecule has 0 spiro atoms. The van der Waals surface area contributed by atoms with E-state index in [0.717, 1.165) is 10.0 Å². The molecular weight excluding hydrogens is 288 g/mol. The fourth-order valence-corrected chi connectivity index (χ4v) is 1.68. The van der Waals surface area contributed by atoms with E-state index in [4.69, 9.17) is 5.73 Å². The van der Waals surface area contributed by atoms with Gasteiger partial charge in [-0.1, -0.05) is 40.3 Å². The van der Waals surface area contributed by atoms with Crippen molar-refractivity contribution >= 4 is 39.0 Å². The van der Waals surface area contributed by atoms with Crippen LogP contribution in [0.3, 0.4) is 0 Å². The van der Waals surface area contributed by atoms with Gasteiger partial charge in [0.25, 0.3) is 0 Å². The van der Waals surface area contributed by atoms with E-state index in [0.29, 0.717) is 0 Å². The van der Waals surface area contributed by atoms with E-state index in [1.165, 1.54) is 0 Å². The summed E-state index contributed by atoms with van der Waals surface area (Å²) in [5, 5.41) is 2.83. The maximum Gasteiger partial charge on any atom is 0.227 e. The van der Waals surface area contributed by atoms with Gasteiger partial charge in [-0.3, -0.25) is 4.79 Å². The lowest BCUT2D eigenvalue weighted by Gasteiger charge is -2.14. The van der Waals surface area contributed by atoms with Gasteiger partial charge in [-0.2, -0.15) is 0 Å². The number of rotatable bonds is 4. The molecular formula is C11H13BrN2OS. The van der Waals surface area contributed by atoms with E-state index in [1.807, 2.05) is 31.2 Å². The second-order valence-corrected chi connectivity index (χ2v) is 4.92. The summed E-state index contributed by atoms with van der Waals surface area (Å²) in [5.41, 5.74) is 6.33. The summed E-state index contributed by atoms with van der Waals surface area (Å²) in [5.74, 6) is -0.150. The summed E-state index contributed by atoms with van der Waals surface area (Å²) in [7, 11) is 0. The first-order chi connectivity index (χ1) is 7.49. The number of carbonyl (C=O) groups is 1. The molecule has 0 aliphatic heterocycles. The molecule has 1 unspecified atom stereocenters. The minimum atomic E-state index is -0.150. The number of carbonyl (C=O) groups excluding carboxylic acids is 1. The van der Waals surface area contributed by atoms with Crippen LogP contribution in [0.1, 0.15) is 24.9 Å². The second-order valence-electron chi connectivity index (χ2n) is 3.48. The Morgan fingerprint density at radius 2 is 2.06 bits per heavy atom. The molecule has 0 bridgehead atoms. The first kappa shape index (κ1) is 13.1. The lowest BCUT2D eigenvalue weighted by atomic mass is 10.1. The van der Waals surface area contributed by atoms with Gasteiger partial charge in [-0.15, -0.1) is 0 Å². The van der Waals surface area contributed by atoms with Crippen LogP contribution in [0.5, 0.6) is 0 Å². The van der Waals surface area contributed by atoms with E-state index >= 15 is 0 Å². The van der Waals surface area contributed by atoms with Gasteiger partial charge in [0.1, 0.15) is 0 Å². The number of amides is 1. The molecule has 3 nitrogen and oxygen atoms in total. The molecule has 5 heteroatoms. The first-order valence-electron chi connectivity index (χ1n) is 4.82. The van der Waals surface area contributed by atoms with Gasteiger partial charge in [0.2, 0.25) is 5.91 Å². The molecule has 86 valence electrons. The largest absolute Gasteiger partial charge is 0.393 e. The van der Waals surface area contributed by atoms with Crippen LogP contribution >= 0.6 is 28.1 Å². The average molecular weight is 301 g/mol. The molecule has 1 aromatic carbocycles. The normalized spacial score (nSPS) is 11.9. The van der Waals surface area contributed by atoms with Gasteiger partial charge in [0, 0.05) is 4.47 Å². The maximum absolute atomic E-state index is 11.4. The third kappa shape index (κ3) is 4.28. The fourth-order valence-electron chi connectivity index (χ4n) is 1.29. The first-order valence-corrected chi connectivity index (χ1v) is 6.02. The van der Waals surface area contributed by atoms with Crippen molar-refractivity contribution in [3.63, 3.8) is 0 Å². The summed E-state index contributed by atoms with van der Waals surface area (Å²) in [4.78, 5) is 11.6. The van der Waals surface area contributed by atoms with E-state index in [-0.39, 0.29) is 23.4 Å². The summed E-state index contributed by atoms with van der Waals surface area (Å²) < 4.78 is 1.01. The average Bonchev–Trinajstić information content (AvgIpc) is 2.16. The third-order valence-corrected chi connectivity index (χ3v) is 2.76. The summed E-state index contributed by atoms with van der Waals surface area (Å²) in [6.07, 6.45) is 0.0935. The number of hydrogen-bond donors (Lipinski definition) is 2.